The van der Waals surface area contributed by atoms with Crippen LogP contribution in [0.5, 0.6) is 0 Å². The van der Waals surface area contributed by atoms with Gasteiger partial charge in [0.1, 0.15) is 5.82 Å². The van der Waals surface area contributed by atoms with E-state index in [1.807, 2.05) is 0 Å². The Kier molecular flexibility index (Phi) is 4.97. The molecule has 0 aliphatic rings. The number of nitrogen functional groups attached to an aromatic ring is 1. The third-order valence-corrected chi connectivity index (χ3v) is 2.29. The zero-order valence-corrected chi connectivity index (χ0v) is 10.6. The van der Waals surface area contributed by atoms with Crippen LogP contribution in [-0.2, 0) is 11.0 Å². The van der Waals surface area contributed by atoms with Crippen molar-refractivity contribution in [3.63, 3.8) is 0 Å². The Labute approximate surface area is 113 Å². The second kappa shape index (κ2) is 6.28. The van der Waals surface area contributed by atoms with Crippen LogP contribution in [0.3, 0.4) is 0 Å². The fraction of sp³-hybridized carbons (Fsp3) is 0.308. The first kappa shape index (κ1) is 15.8. The van der Waals surface area contributed by atoms with Crippen molar-refractivity contribution in [2.24, 2.45) is 0 Å². The number of halogens is 4. The lowest BCUT2D eigenvalue weighted by Crippen LogP contribution is -2.20. The maximum Gasteiger partial charge on any atom is 0.417 e. The highest BCUT2D eigenvalue weighted by atomic mass is 19.4. The maximum atomic E-state index is 13.2. The minimum Gasteiger partial charge on any atom is -0.396 e. The SMILES string of the molecule is CC(=O)NCCC#Cc1cc(F)c(N)cc1C(F)(F)F. The van der Waals surface area contributed by atoms with Gasteiger partial charge in [-0.3, -0.25) is 4.79 Å². The van der Waals surface area contributed by atoms with E-state index in [4.69, 9.17) is 5.73 Å². The molecular weight excluding hydrogens is 276 g/mol. The van der Waals surface area contributed by atoms with Crippen LogP contribution in [-0.4, -0.2) is 12.5 Å². The first-order valence-electron chi connectivity index (χ1n) is 5.61. The van der Waals surface area contributed by atoms with Crippen molar-refractivity contribution < 1.29 is 22.4 Å². The number of nitrogens with one attached hydrogen (secondary N) is 1. The summed E-state index contributed by atoms with van der Waals surface area (Å²) in [6.45, 7) is 1.52. The van der Waals surface area contributed by atoms with Gasteiger partial charge >= 0.3 is 6.18 Å². The summed E-state index contributed by atoms with van der Waals surface area (Å²) < 4.78 is 51.4. The molecule has 0 fully saturated rings. The van der Waals surface area contributed by atoms with Gasteiger partial charge in [0.15, 0.2) is 0 Å². The second-order valence-corrected chi connectivity index (χ2v) is 3.95. The molecule has 1 amide bonds. The van der Waals surface area contributed by atoms with Crippen molar-refractivity contribution >= 4 is 11.6 Å². The van der Waals surface area contributed by atoms with Crippen molar-refractivity contribution in [1.29, 1.82) is 0 Å². The third-order valence-electron chi connectivity index (χ3n) is 2.29. The second-order valence-electron chi connectivity index (χ2n) is 3.95. The lowest BCUT2D eigenvalue weighted by atomic mass is 10.1. The monoisotopic (exact) mass is 288 g/mol. The molecule has 0 unspecified atom stereocenters. The molecule has 0 aliphatic carbocycles. The van der Waals surface area contributed by atoms with E-state index in [0.717, 1.165) is 0 Å². The average molecular weight is 288 g/mol. The van der Waals surface area contributed by atoms with E-state index in [9.17, 15) is 22.4 Å². The van der Waals surface area contributed by atoms with Crippen molar-refractivity contribution in [3.8, 4) is 11.8 Å². The van der Waals surface area contributed by atoms with Crippen molar-refractivity contribution in [2.75, 3.05) is 12.3 Å². The van der Waals surface area contributed by atoms with E-state index >= 15 is 0 Å². The molecule has 0 spiro atoms. The van der Waals surface area contributed by atoms with Gasteiger partial charge in [0.25, 0.3) is 0 Å². The van der Waals surface area contributed by atoms with E-state index in [1.54, 1.807) is 0 Å². The highest BCUT2D eigenvalue weighted by Gasteiger charge is 2.34. The number of carbonyl (C=O) groups is 1. The predicted octanol–water partition coefficient (Wildman–Crippen LogP) is 2.30. The molecule has 3 nitrogen and oxygen atoms in total. The number of amides is 1. The van der Waals surface area contributed by atoms with Crippen molar-refractivity contribution in [1.82, 2.24) is 5.32 Å². The Morgan fingerprint density at radius 1 is 1.40 bits per heavy atom. The Balaban J connectivity index is 2.97. The molecule has 0 heterocycles. The quantitative estimate of drug-likeness (QED) is 0.380. The first-order chi connectivity index (χ1) is 9.21. The number of alkyl halides is 3. The van der Waals surface area contributed by atoms with Gasteiger partial charge in [-0.25, -0.2) is 4.39 Å². The molecule has 0 aliphatic heterocycles. The summed E-state index contributed by atoms with van der Waals surface area (Å²) in [5, 5.41) is 2.44. The molecule has 0 saturated carbocycles. The van der Waals surface area contributed by atoms with Gasteiger partial charge in [-0.1, -0.05) is 11.8 Å². The van der Waals surface area contributed by atoms with Gasteiger partial charge in [-0.2, -0.15) is 13.2 Å². The molecule has 1 aromatic rings. The summed E-state index contributed by atoms with van der Waals surface area (Å²) >= 11 is 0. The minimum atomic E-state index is -4.66. The molecule has 0 saturated heterocycles. The van der Waals surface area contributed by atoms with Crippen molar-refractivity contribution in [3.05, 3.63) is 29.1 Å². The molecule has 7 heteroatoms. The Morgan fingerprint density at radius 3 is 2.60 bits per heavy atom. The molecule has 0 bridgehead atoms. The topological polar surface area (TPSA) is 55.1 Å². The third kappa shape index (κ3) is 4.46. The number of nitrogens with two attached hydrogens (primary N) is 1. The normalized spacial score (nSPS) is 10.7. The summed E-state index contributed by atoms with van der Waals surface area (Å²) in [5.74, 6) is 3.47. The Hall–Kier alpha value is -2.23. The number of carbonyl (C=O) groups excluding carboxylic acids is 1. The first-order valence-corrected chi connectivity index (χ1v) is 5.61. The van der Waals surface area contributed by atoms with Gasteiger partial charge in [0.2, 0.25) is 5.91 Å². The van der Waals surface area contributed by atoms with Crippen LogP contribution in [0.2, 0.25) is 0 Å². The molecule has 0 atom stereocenters. The number of hydrogen-bond acceptors (Lipinski definition) is 2. The van der Waals surface area contributed by atoms with Crippen LogP contribution in [0.1, 0.15) is 24.5 Å². The number of anilines is 1. The summed E-state index contributed by atoms with van der Waals surface area (Å²) in [7, 11) is 0. The summed E-state index contributed by atoms with van der Waals surface area (Å²) in [6.07, 6.45) is -4.51. The predicted molar refractivity (Wildman–Crippen MR) is 66.0 cm³/mol. The van der Waals surface area contributed by atoms with Crippen molar-refractivity contribution in [2.45, 2.75) is 19.5 Å². The van der Waals surface area contributed by atoms with E-state index < -0.39 is 28.8 Å². The fourth-order valence-corrected chi connectivity index (χ4v) is 1.39. The standard InChI is InChI=1S/C13H12F4N2O/c1-8(20)19-5-3-2-4-9-6-11(14)12(18)7-10(9)13(15,16)17/h6-7H,3,5,18H2,1H3,(H,19,20). The van der Waals surface area contributed by atoms with Crippen LogP contribution in [0, 0.1) is 17.7 Å². The molecule has 1 rings (SSSR count). The van der Waals surface area contributed by atoms with E-state index in [0.29, 0.717) is 12.1 Å². The number of rotatable bonds is 2. The Morgan fingerprint density at radius 2 is 2.05 bits per heavy atom. The van der Waals surface area contributed by atoms with E-state index in [2.05, 4.69) is 17.2 Å². The number of benzene rings is 1. The largest absolute Gasteiger partial charge is 0.417 e. The van der Waals surface area contributed by atoms with Crippen LogP contribution in [0.25, 0.3) is 0 Å². The molecule has 108 valence electrons. The molecule has 20 heavy (non-hydrogen) atoms. The maximum absolute atomic E-state index is 13.2. The summed E-state index contributed by atoms with van der Waals surface area (Å²) in [5.41, 5.74) is 2.98. The average Bonchev–Trinajstić information content (AvgIpc) is 2.31. The summed E-state index contributed by atoms with van der Waals surface area (Å²) in [4.78, 5) is 10.6. The fourth-order valence-electron chi connectivity index (χ4n) is 1.39. The van der Waals surface area contributed by atoms with Crippen LogP contribution < -0.4 is 11.1 Å². The lowest BCUT2D eigenvalue weighted by molar-refractivity contribution is -0.137. The molecule has 0 aromatic heterocycles. The highest BCUT2D eigenvalue weighted by Crippen LogP contribution is 2.33. The van der Waals surface area contributed by atoms with E-state index in [-0.39, 0.29) is 18.9 Å². The minimum absolute atomic E-state index is 0.156. The zero-order chi connectivity index (χ0) is 15.3. The molecule has 0 radical (unpaired) electrons. The van der Waals surface area contributed by atoms with Crippen LogP contribution in [0.15, 0.2) is 12.1 Å². The highest BCUT2D eigenvalue weighted by molar-refractivity contribution is 5.72. The molecular formula is C13H12F4N2O. The molecule has 1 aromatic carbocycles. The Bertz CT molecular complexity index is 570. The van der Waals surface area contributed by atoms with Gasteiger partial charge in [-0.15, -0.1) is 0 Å². The van der Waals surface area contributed by atoms with Crippen LogP contribution >= 0.6 is 0 Å². The number of hydrogen-bond donors (Lipinski definition) is 2. The van der Waals surface area contributed by atoms with Gasteiger partial charge in [0, 0.05) is 25.5 Å². The summed E-state index contributed by atoms with van der Waals surface area (Å²) in [6, 6.07) is 1.18. The lowest BCUT2D eigenvalue weighted by Gasteiger charge is -2.10. The van der Waals surface area contributed by atoms with Gasteiger partial charge in [-0.05, 0) is 12.1 Å². The van der Waals surface area contributed by atoms with Gasteiger partial charge < -0.3 is 11.1 Å². The smallest absolute Gasteiger partial charge is 0.396 e. The zero-order valence-electron chi connectivity index (χ0n) is 10.6. The van der Waals surface area contributed by atoms with Crippen LogP contribution in [0.4, 0.5) is 23.2 Å². The van der Waals surface area contributed by atoms with Gasteiger partial charge in [0.05, 0.1) is 11.3 Å². The van der Waals surface area contributed by atoms with E-state index in [1.165, 1.54) is 6.92 Å². The molecule has 3 N–H and O–H groups in total.